The van der Waals surface area contributed by atoms with Gasteiger partial charge in [-0.3, -0.25) is 4.79 Å². The van der Waals surface area contributed by atoms with E-state index in [1.807, 2.05) is 11.9 Å². The van der Waals surface area contributed by atoms with Crippen molar-refractivity contribution in [3.05, 3.63) is 77.2 Å². The Morgan fingerprint density at radius 1 is 1.14 bits per heavy atom. The standard InChI is InChI=1S/C29H28ClF3N8O2/c1-34-28-37-16-36-25(39-28)20-5-4-11-35-27(20)43-19-7-8-22(30)23(14-19)38-26(42)21-13-17(29(31,32)33)6-9-24(21)41(3)18-10-12-40(2)15-18/h4-9,11,13-14,16,18H,10,12,15H2,1-3H3,(H,38,42)(H,34,36,37,39)/t18-/m0/s1. The van der Waals surface area contributed by atoms with E-state index in [9.17, 15) is 18.0 Å². The quantitative estimate of drug-likeness (QED) is 0.254. The molecule has 2 N–H and O–H groups in total. The van der Waals surface area contributed by atoms with Gasteiger partial charge in [0.25, 0.3) is 5.91 Å². The van der Waals surface area contributed by atoms with Crippen molar-refractivity contribution in [1.29, 1.82) is 0 Å². The van der Waals surface area contributed by atoms with Crippen molar-refractivity contribution in [1.82, 2.24) is 24.8 Å². The number of nitrogens with zero attached hydrogens (tertiary/aromatic N) is 6. The fourth-order valence-electron chi connectivity index (χ4n) is 4.78. The number of rotatable bonds is 8. The fraction of sp³-hybridized carbons (Fsp3) is 0.276. The highest BCUT2D eigenvalue weighted by atomic mass is 35.5. The maximum Gasteiger partial charge on any atom is 0.416 e. The van der Waals surface area contributed by atoms with Crippen molar-refractivity contribution in [3.63, 3.8) is 0 Å². The van der Waals surface area contributed by atoms with Gasteiger partial charge in [0, 0.05) is 44.6 Å². The molecule has 1 saturated heterocycles. The minimum atomic E-state index is -4.63. The molecule has 0 bridgehead atoms. The molecule has 2 aromatic heterocycles. The summed E-state index contributed by atoms with van der Waals surface area (Å²) in [5, 5.41) is 5.68. The maximum atomic E-state index is 13.7. The van der Waals surface area contributed by atoms with Crippen LogP contribution in [0.2, 0.25) is 5.02 Å². The van der Waals surface area contributed by atoms with Gasteiger partial charge in [-0.1, -0.05) is 11.6 Å². The number of amides is 1. The average molecular weight is 613 g/mol. The van der Waals surface area contributed by atoms with Gasteiger partial charge >= 0.3 is 6.18 Å². The number of carbonyl (C=O) groups excluding carboxylic acids is 1. The summed E-state index contributed by atoms with van der Waals surface area (Å²) >= 11 is 6.40. The van der Waals surface area contributed by atoms with Crippen molar-refractivity contribution in [3.8, 4) is 23.0 Å². The number of likely N-dealkylation sites (N-methyl/N-ethyl adjacent to an activating group) is 2. The van der Waals surface area contributed by atoms with E-state index in [-0.39, 0.29) is 33.9 Å². The molecule has 1 aliphatic heterocycles. The molecule has 0 radical (unpaired) electrons. The van der Waals surface area contributed by atoms with E-state index in [4.69, 9.17) is 16.3 Å². The highest BCUT2D eigenvalue weighted by Gasteiger charge is 2.33. The number of pyridine rings is 1. The van der Waals surface area contributed by atoms with Crippen molar-refractivity contribution in [2.45, 2.75) is 18.6 Å². The summed E-state index contributed by atoms with van der Waals surface area (Å²) in [6.07, 6.45) is -0.925. The molecule has 0 spiro atoms. The van der Waals surface area contributed by atoms with E-state index in [0.29, 0.717) is 23.0 Å². The number of alkyl halides is 3. The second-order valence-corrected chi connectivity index (χ2v) is 10.4. The van der Waals surface area contributed by atoms with Gasteiger partial charge in [-0.25, -0.2) is 15.0 Å². The van der Waals surface area contributed by atoms with Crippen LogP contribution in [0, 0.1) is 0 Å². The van der Waals surface area contributed by atoms with Crippen LogP contribution >= 0.6 is 11.6 Å². The fourth-order valence-corrected chi connectivity index (χ4v) is 4.94. The van der Waals surface area contributed by atoms with Crippen molar-refractivity contribution < 1.29 is 22.7 Å². The van der Waals surface area contributed by atoms with Gasteiger partial charge < -0.3 is 25.2 Å². The van der Waals surface area contributed by atoms with Gasteiger partial charge in [0.2, 0.25) is 11.8 Å². The Morgan fingerprint density at radius 3 is 2.67 bits per heavy atom. The molecule has 10 nitrogen and oxygen atoms in total. The Kier molecular flexibility index (Phi) is 8.64. The first-order chi connectivity index (χ1) is 20.5. The van der Waals surface area contributed by atoms with Crippen LogP contribution in [0.25, 0.3) is 11.4 Å². The zero-order chi connectivity index (χ0) is 30.7. The number of carbonyl (C=O) groups is 1. The number of hydrogen-bond acceptors (Lipinski definition) is 9. The van der Waals surface area contributed by atoms with Crippen LogP contribution in [-0.2, 0) is 6.18 Å². The third kappa shape index (κ3) is 6.78. The molecule has 3 heterocycles. The second kappa shape index (κ2) is 12.4. The van der Waals surface area contributed by atoms with Crippen LogP contribution in [0.1, 0.15) is 22.3 Å². The smallest absolute Gasteiger partial charge is 0.416 e. The minimum absolute atomic E-state index is 0.0368. The molecule has 1 aliphatic rings. The minimum Gasteiger partial charge on any atom is -0.438 e. The monoisotopic (exact) mass is 612 g/mol. The molecule has 1 atom stereocenters. The van der Waals surface area contributed by atoms with E-state index >= 15 is 0 Å². The molecule has 14 heteroatoms. The van der Waals surface area contributed by atoms with E-state index in [1.54, 1.807) is 32.3 Å². The summed E-state index contributed by atoms with van der Waals surface area (Å²) in [6.45, 7) is 1.57. The summed E-state index contributed by atoms with van der Waals surface area (Å²) < 4.78 is 47.0. The van der Waals surface area contributed by atoms with E-state index < -0.39 is 17.6 Å². The number of aromatic nitrogens is 4. The number of likely N-dealkylation sites (tertiary alicyclic amines) is 1. The second-order valence-electron chi connectivity index (χ2n) is 9.98. The Morgan fingerprint density at radius 2 is 1.95 bits per heavy atom. The summed E-state index contributed by atoms with van der Waals surface area (Å²) in [5.74, 6) is 0.369. The lowest BCUT2D eigenvalue weighted by Gasteiger charge is -2.29. The highest BCUT2D eigenvalue weighted by Crippen LogP contribution is 2.36. The number of halogens is 4. The predicted octanol–water partition coefficient (Wildman–Crippen LogP) is 5.83. The first-order valence-corrected chi connectivity index (χ1v) is 13.6. The molecular formula is C29H28ClF3N8O2. The molecule has 0 saturated carbocycles. The van der Waals surface area contributed by atoms with Gasteiger partial charge in [-0.2, -0.15) is 18.2 Å². The van der Waals surface area contributed by atoms with Crippen LogP contribution in [-0.4, -0.2) is 71.0 Å². The van der Waals surface area contributed by atoms with Gasteiger partial charge in [-0.05, 0) is 62.5 Å². The van der Waals surface area contributed by atoms with Gasteiger partial charge in [0.1, 0.15) is 12.1 Å². The Balaban J connectivity index is 1.44. The van der Waals surface area contributed by atoms with Crippen molar-refractivity contribution in [2.24, 2.45) is 0 Å². The molecule has 224 valence electrons. The lowest BCUT2D eigenvalue weighted by molar-refractivity contribution is -0.137. The number of hydrogen-bond donors (Lipinski definition) is 2. The number of nitrogens with one attached hydrogen (secondary N) is 2. The first-order valence-electron chi connectivity index (χ1n) is 13.3. The zero-order valence-corrected chi connectivity index (χ0v) is 24.2. The molecule has 43 heavy (non-hydrogen) atoms. The predicted molar refractivity (Wildman–Crippen MR) is 158 cm³/mol. The van der Waals surface area contributed by atoms with Crippen LogP contribution in [0.5, 0.6) is 11.6 Å². The Hall–Kier alpha value is -4.49. The lowest BCUT2D eigenvalue weighted by atomic mass is 10.0. The van der Waals surface area contributed by atoms with Gasteiger partial charge in [0.05, 0.1) is 27.4 Å². The first kappa shape index (κ1) is 30.0. The molecule has 2 aromatic carbocycles. The van der Waals surface area contributed by atoms with Crippen LogP contribution in [0.15, 0.2) is 61.1 Å². The molecule has 1 fully saturated rings. The molecule has 0 unspecified atom stereocenters. The maximum absolute atomic E-state index is 13.7. The van der Waals surface area contributed by atoms with Crippen molar-refractivity contribution >= 4 is 34.8 Å². The van der Waals surface area contributed by atoms with Crippen LogP contribution in [0.4, 0.5) is 30.5 Å². The molecule has 1 amide bonds. The molecular weight excluding hydrogens is 585 g/mol. The van der Waals surface area contributed by atoms with E-state index in [0.717, 1.165) is 31.6 Å². The summed E-state index contributed by atoms with van der Waals surface area (Å²) in [4.78, 5) is 34.4. The van der Waals surface area contributed by atoms with Crippen LogP contribution in [0.3, 0.4) is 0 Å². The highest BCUT2D eigenvalue weighted by molar-refractivity contribution is 6.34. The summed E-state index contributed by atoms with van der Waals surface area (Å²) in [5.41, 5.74) is -0.0480. The SMILES string of the molecule is CNc1ncnc(-c2cccnc2Oc2ccc(Cl)c(NC(=O)c3cc(C(F)(F)F)ccc3N(C)[C@H]3CCN(C)C3)c2)n1. The molecule has 5 rings (SSSR count). The number of benzene rings is 2. The summed E-state index contributed by atoms with van der Waals surface area (Å²) in [6, 6.07) is 11.2. The largest absolute Gasteiger partial charge is 0.438 e. The van der Waals surface area contributed by atoms with Crippen molar-refractivity contribution in [2.75, 3.05) is 49.8 Å². The molecule has 0 aliphatic carbocycles. The zero-order valence-electron chi connectivity index (χ0n) is 23.5. The third-order valence-electron chi connectivity index (χ3n) is 7.07. The number of ether oxygens (including phenoxy) is 1. The molecule has 4 aromatic rings. The van der Waals surface area contributed by atoms with Crippen LogP contribution < -0.4 is 20.3 Å². The number of anilines is 3. The Bertz CT molecular complexity index is 1640. The van der Waals surface area contributed by atoms with E-state index in [2.05, 4.69) is 35.5 Å². The summed E-state index contributed by atoms with van der Waals surface area (Å²) in [7, 11) is 5.43. The van der Waals surface area contributed by atoms with Gasteiger partial charge in [0.15, 0.2) is 5.82 Å². The lowest BCUT2D eigenvalue weighted by Crippen LogP contribution is -2.35. The third-order valence-corrected chi connectivity index (χ3v) is 7.40. The van der Waals surface area contributed by atoms with E-state index in [1.165, 1.54) is 30.7 Å². The topological polar surface area (TPSA) is 108 Å². The van der Waals surface area contributed by atoms with Gasteiger partial charge in [-0.15, -0.1) is 0 Å². The average Bonchev–Trinajstić information content (AvgIpc) is 3.44. The Labute approximate surface area is 250 Å². The normalized spacial score (nSPS) is 15.3.